The van der Waals surface area contributed by atoms with Crippen molar-refractivity contribution in [2.24, 2.45) is 5.41 Å². The van der Waals surface area contributed by atoms with Crippen molar-refractivity contribution in [3.8, 4) is 0 Å². The maximum atomic E-state index is 12.0. The Balaban J connectivity index is 2.36. The van der Waals surface area contributed by atoms with E-state index in [1.807, 2.05) is 0 Å². The number of rotatable bonds is 4. The molecule has 94 valence electrons. The summed E-state index contributed by atoms with van der Waals surface area (Å²) < 4.78 is 5.55. The van der Waals surface area contributed by atoms with Crippen molar-refractivity contribution in [2.45, 2.75) is 46.6 Å². The van der Waals surface area contributed by atoms with Crippen LogP contribution in [0.3, 0.4) is 0 Å². The average Bonchev–Trinajstić information content (AvgIpc) is 2.25. The fourth-order valence-corrected chi connectivity index (χ4v) is 1.84. The average molecular weight is 227 g/mol. The summed E-state index contributed by atoms with van der Waals surface area (Å²) in [7, 11) is 0. The molecule has 1 aliphatic heterocycles. The van der Waals surface area contributed by atoms with E-state index in [2.05, 4.69) is 32.6 Å². The van der Waals surface area contributed by atoms with Gasteiger partial charge in [-0.25, -0.2) is 0 Å². The van der Waals surface area contributed by atoms with Crippen LogP contribution in [-0.4, -0.2) is 43.0 Å². The molecule has 1 heterocycles. The Kier molecular flexibility index (Phi) is 4.93. The number of nitrogens with zero attached hydrogens (tertiary/aromatic N) is 1. The molecule has 1 fully saturated rings. The smallest absolute Gasteiger partial charge is 0.162 e. The van der Waals surface area contributed by atoms with Crippen LogP contribution in [0.15, 0.2) is 0 Å². The van der Waals surface area contributed by atoms with Gasteiger partial charge in [0, 0.05) is 19.5 Å². The molecule has 0 N–H and O–H groups in total. The van der Waals surface area contributed by atoms with E-state index in [9.17, 15) is 4.79 Å². The van der Waals surface area contributed by atoms with E-state index in [4.69, 9.17) is 4.74 Å². The minimum absolute atomic E-state index is 0.184. The van der Waals surface area contributed by atoms with Crippen LogP contribution >= 0.6 is 0 Å². The van der Waals surface area contributed by atoms with Crippen LogP contribution in [0.2, 0.25) is 0 Å². The van der Waals surface area contributed by atoms with Crippen molar-refractivity contribution in [3.63, 3.8) is 0 Å². The van der Waals surface area contributed by atoms with Gasteiger partial charge in [0.25, 0.3) is 0 Å². The van der Waals surface area contributed by atoms with Gasteiger partial charge in [-0.15, -0.1) is 0 Å². The molecule has 1 atom stereocenters. The van der Waals surface area contributed by atoms with Crippen molar-refractivity contribution in [1.82, 2.24) is 4.90 Å². The third kappa shape index (κ3) is 4.62. The zero-order chi connectivity index (χ0) is 12.2. The molecule has 3 heteroatoms. The van der Waals surface area contributed by atoms with E-state index in [-0.39, 0.29) is 17.3 Å². The zero-order valence-corrected chi connectivity index (χ0v) is 11.1. The molecular formula is C13H25NO2. The fraction of sp³-hybridized carbons (Fsp3) is 0.923. The second kappa shape index (κ2) is 5.78. The highest BCUT2D eigenvalue weighted by molar-refractivity contribution is 5.83. The highest BCUT2D eigenvalue weighted by atomic mass is 16.5. The van der Waals surface area contributed by atoms with E-state index in [0.29, 0.717) is 13.0 Å². The van der Waals surface area contributed by atoms with Gasteiger partial charge in [-0.05, 0) is 18.4 Å². The van der Waals surface area contributed by atoms with Crippen molar-refractivity contribution in [2.75, 3.05) is 26.2 Å². The van der Waals surface area contributed by atoms with Gasteiger partial charge in [-0.1, -0.05) is 27.7 Å². The summed E-state index contributed by atoms with van der Waals surface area (Å²) in [4.78, 5) is 14.2. The molecule has 0 radical (unpaired) electrons. The van der Waals surface area contributed by atoms with Crippen LogP contribution in [0.4, 0.5) is 0 Å². The summed E-state index contributed by atoms with van der Waals surface area (Å²) in [6, 6.07) is 0. The van der Waals surface area contributed by atoms with Crippen LogP contribution in [0.1, 0.15) is 40.5 Å². The van der Waals surface area contributed by atoms with Gasteiger partial charge < -0.3 is 4.74 Å². The van der Waals surface area contributed by atoms with E-state index in [0.717, 1.165) is 26.1 Å². The van der Waals surface area contributed by atoms with E-state index in [1.54, 1.807) is 0 Å². The third-order valence-electron chi connectivity index (χ3n) is 3.08. The molecule has 0 aromatic rings. The lowest BCUT2D eigenvalue weighted by atomic mass is 9.89. The van der Waals surface area contributed by atoms with Crippen molar-refractivity contribution >= 4 is 5.78 Å². The number of ketones is 1. The van der Waals surface area contributed by atoms with E-state index in [1.165, 1.54) is 0 Å². The molecule has 0 aromatic heterocycles. The summed E-state index contributed by atoms with van der Waals surface area (Å²) in [6.07, 6.45) is 1.40. The molecule has 16 heavy (non-hydrogen) atoms. The summed E-state index contributed by atoms with van der Waals surface area (Å²) >= 11 is 0. The number of morpholine rings is 1. The summed E-state index contributed by atoms with van der Waals surface area (Å²) in [5.41, 5.74) is 0.231. The Labute approximate surface area is 99.1 Å². The maximum absolute atomic E-state index is 12.0. The SMILES string of the molecule is CCN1CCOC(C(=O)CCC(C)(C)C)C1. The Morgan fingerprint density at radius 1 is 1.44 bits per heavy atom. The molecule has 3 nitrogen and oxygen atoms in total. The lowest BCUT2D eigenvalue weighted by Crippen LogP contribution is -2.45. The molecule has 0 saturated carbocycles. The van der Waals surface area contributed by atoms with Gasteiger partial charge in [0.15, 0.2) is 5.78 Å². The second-order valence-corrected chi connectivity index (χ2v) is 5.78. The molecular weight excluding hydrogens is 202 g/mol. The third-order valence-corrected chi connectivity index (χ3v) is 3.08. The second-order valence-electron chi connectivity index (χ2n) is 5.78. The van der Waals surface area contributed by atoms with E-state index >= 15 is 0 Å². The fourth-order valence-electron chi connectivity index (χ4n) is 1.84. The number of carbonyl (C=O) groups is 1. The Morgan fingerprint density at radius 2 is 2.12 bits per heavy atom. The van der Waals surface area contributed by atoms with E-state index < -0.39 is 0 Å². The molecule has 1 aliphatic rings. The molecule has 0 amide bonds. The van der Waals surface area contributed by atoms with Crippen molar-refractivity contribution in [1.29, 1.82) is 0 Å². The van der Waals surface area contributed by atoms with Gasteiger partial charge in [0.1, 0.15) is 6.10 Å². The zero-order valence-electron chi connectivity index (χ0n) is 11.1. The Bertz CT molecular complexity index is 233. The standard InChI is InChI=1S/C13H25NO2/c1-5-14-8-9-16-12(10-14)11(15)6-7-13(2,3)4/h12H,5-10H2,1-4H3. The Morgan fingerprint density at radius 3 is 2.69 bits per heavy atom. The highest BCUT2D eigenvalue weighted by Gasteiger charge is 2.26. The Hall–Kier alpha value is -0.410. The summed E-state index contributed by atoms with van der Waals surface area (Å²) in [6.45, 7) is 12.1. The predicted octanol–water partition coefficient (Wildman–Crippen LogP) is 2.10. The topological polar surface area (TPSA) is 29.5 Å². The molecule has 1 rings (SSSR count). The lowest BCUT2D eigenvalue weighted by molar-refractivity contribution is -0.136. The van der Waals surface area contributed by atoms with Crippen LogP contribution in [0.25, 0.3) is 0 Å². The molecule has 1 unspecified atom stereocenters. The first-order valence-corrected chi connectivity index (χ1v) is 6.29. The monoisotopic (exact) mass is 227 g/mol. The van der Waals surface area contributed by atoms with Gasteiger partial charge in [-0.2, -0.15) is 0 Å². The molecule has 1 saturated heterocycles. The quantitative estimate of drug-likeness (QED) is 0.736. The first-order valence-electron chi connectivity index (χ1n) is 6.29. The number of hydrogen-bond donors (Lipinski definition) is 0. The van der Waals surface area contributed by atoms with Gasteiger partial charge in [0.2, 0.25) is 0 Å². The van der Waals surface area contributed by atoms with Crippen LogP contribution < -0.4 is 0 Å². The largest absolute Gasteiger partial charge is 0.368 e. The maximum Gasteiger partial charge on any atom is 0.162 e. The number of carbonyl (C=O) groups excluding carboxylic acids is 1. The summed E-state index contributed by atoms with van der Waals surface area (Å²) in [5, 5.41) is 0. The number of Topliss-reactive ketones (excluding diaryl/α,β-unsaturated/α-hetero) is 1. The number of likely N-dealkylation sites (N-methyl/N-ethyl adjacent to an activating group) is 1. The summed E-state index contributed by atoms with van der Waals surface area (Å²) in [5.74, 6) is 0.271. The van der Waals surface area contributed by atoms with Crippen molar-refractivity contribution in [3.05, 3.63) is 0 Å². The van der Waals surface area contributed by atoms with Gasteiger partial charge >= 0.3 is 0 Å². The first kappa shape index (κ1) is 13.7. The van der Waals surface area contributed by atoms with Gasteiger partial charge in [-0.3, -0.25) is 9.69 Å². The van der Waals surface area contributed by atoms with Crippen molar-refractivity contribution < 1.29 is 9.53 Å². The molecule has 0 bridgehead atoms. The lowest BCUT2D eigenvalue weighted by Gasteiger charge is -2.31. The number of ether oxygens (including phenoxy) is 1. The molecule has 0 aromatic carbocycles. The van der Waals surface area contributed by atoms with Gasteiger partial charge in [0.05, 0.1) is 6.61 Å². The minimum Gasteiger partial charge on any atom is -0.368 e. The number of hydrogen-bond acceptors (Lipinski definition) is 3. The molecule has 0 spiro atoms. The molecule has 0 aliphatic carbocycles. The van der Waals surface area contributed by atoms with Crippen LogP contribution in [-0.2, 0) is 9.53 Å². The first-order chi connectivity index (χ1) is 7.42. The highest BCUT2D eigenvalue weighted by Crippen LogP contribution is 2.21. The minimum atomic E-state index is -0.184. The van der Waals surface area contributed by atoms with Crippen LogP contribution in [0.5, 0.6) is 0 Å². The van der Waals surface area contributed by atoms with Crippen LogP contribution in [0, 0.1) is 5.41 Å². The normalized spacial score (nSPS) is 23.4. The predicted molar refractivity (Wildman–Crippen MR) is 65.6 cm³/mol.